The summed E-state index contributed by atoms with van der Waals surface area (Å²) in [5.41, 5.74) is 1.14. The van der Waals surface area contributed by atoms with E-state index in [1.807, 2.05) is 0 Å². The van der Waals surface area contributed by atoms with E-state index < -0.39 is 23.8 Å². The summed E-state index contributed by atoms with van der Waals surface area (Å²) >= 11 is 0. The number of nitrogens with one attached hydrogen (secondary N) is 1. The SMILES string of the molecule is CCOC(=O)n1nc([N+]2(CCN3C(=O)c4ccccc4C3=O)CCNCC2)c2ccc(F)cc21.O=C(O)/C=C\C(=O)O. The molecule has 3 N–H and O–H groups in total. The fourth-order valence-electron chi connectivity index (χ4n) is 4.99. The number of carbonyl (C=O) groups excluding carboxylic acids is 3. The van der Waals surface area contributed by atoms with Gasteiger partial charge in [0.1, 0.15) is 12.4 Å². The molecule has 3 aromatic rings. The standard InChI is InChI=1S/C24H25FN5O4.C4H4O4/c1-2-34-24(33)29-20-15-16(25)7-8-19(20)21(27-29)30(12-9-26-10-13-30)14-11-28-22(31)17-5-3-4-6-18(17)23(28)32;5-3(6)1-2-4(7)8/h3-8,15,26H,2,9-14H2,1H3;1-2H,(H,5,6)(H,7,8)/q+1;/b;2-1-. The van der Waals surface area contributed by atoms with Gasteiger partial charge in [0.2, 0.25) is 0 Å². The molecule has 220 valence electrons. The molecule has 13 nitrogen and oxygen atoms in total. The summed E-state index contributed by atoms with van der Waals surface area (Å²) in [7, 11) is 0. The van der Waals surface area contributed by atoms with Gasteiger partial charge < -0.3 is 20.3 Å². The number of amides is 2. The van der Waals surface area contributed by atoms with Gasteiger partial charge in [-0.05, 0) is 31.2 Å². The fourth-order valence-corrected chi connectivity index (χ4v) is 4.99. The van der Waals surface area contributed by atoms with Gasteiger partial charge >= 0.3 is 18.0 Å². The van der Waals surface area contributed by atoms with Crippen LogP contribution in [0.2, 0.25) is 0 Å². The number of rotatable bonds is 7. The van der Waals surface area contributed by atoms with Crippen molar-refractivity contribution in [2.24, 2.45) is 0 Å². The summed E-state index contributed by atoms with van der Waals surface area (Å²) < 4.78 is 20.7. The maximum absolute atomic E-state index is 14.1. The molecule has 0 aliphatic carbocycles. The van der Waals surface area contributed by atoms with Crippen LogP contribution in [0.1, 0.15) is 27.6 Å². The molecule has 1 saturated heterocycles. The molecule has 0 radical (unpaired) electrons. The quantitative estimate of drug-likeness (QED) is 0.213. The van der Waals surface area contributed by atoms with Gasteiger partial charge in [-0.15, -0.1) is 5.10 Å². The fraction of sp³-hybridized carbons (Fsp3) is 0.286. The van der Waals surface area contributed by atoms with Crippen molar-refractivity contribution < 1.29 is 43.3 Å². The highest BCUT2D eigenvalue weighted by atomic mass is 19.1. The molecule has 2 amide bonds. The van der Waals surface area contributed by atoms with Crippen LogP contribution >= 0.6 is 0 Å². The Morgan fingerprint density at radius 2 is 1.62 bits per heavy atom. The third-order valence-electron chi connectivity index (χ3n) is 6.95. The molecule has 0 bridgehead atoms. The summed E-state index contributed by atoms with van der Waals surface area (Å²) in [6.07, 6.45) is 0.433. The summed E-state index contributed by atoms with van der Waals surface area (Å²) in [5.74, 6) is -3.01. The number of carboxylic acids is 2. The lowest BCUT2D eigenvalue weighted by Gasteiger charge is -2.40. The van der Waals surface area contributed by atoms with Crippen molar-refractivity contribution >= 4 is 46.6 Å². The lowest BCUT2D eigenvalue weighted by molar-refractivity contribution is -0.134. The van der Waals surface area contributed by atoms with Crippen molar-refractivity contribution in [3.8, 4) is 0 Å². The molecule has 1 aromatic heterocycles. The highest BCUT2D eigenvalue weighted by Crippen LogP contribution is 2.33. The minimum Gasteiger partial charge on any atom is -0.478 e. The minimum absolute atomic E-state index is 0.161. The van der Waals surface area contributed by atoms with Gasteiger partial charge in [0.25, 0.3) is 17.6 Å². The summed E-state index contributed by atoms with van der Waals surface area (Å²) in [5, 5.41) is 24.2. The Hall–Kier alpha value is -4.95. The average Bonchev–Trinajstić information content (AvgIpc) is 3.47. The number of benzene rings is 2. The number of piperazine rings is 1. The lowest BCUT2D eigenvalue weighted by atomic mass is 10.1. The van der Waals surface area contributed by atoms with Crippen molar-refractivity contribution in [3.05, 3.63) is 71.6 Å². The van der Waals surface area contributed by atoms with Crippen LogP contribution in [0.3, 0.4) is 0 Å². The van der Waals surface area contributed by atoms with Gasteiger partial charge in [0, 0.05) is 31.3 Å². The summed E-state index contributed by atoms with van der Waals surface area (Å²) in [6.45, 7) is 5.12. The molecule has 0 saturated carbocycles. The second-order valence-corrected chi connectivity index (χ2v) is 9.48. The van der Waals surface area contributed by atoms with Gasteiger partial charge in [0.05, 0.1) is 48.3 Å². The molecule has 5 rings (SSSR count). The number of hydrogen-bond acceptors (Lipinski definition) is 8. The first-order valence-electron chi connectivity index (χ1n) is 13.1. The maximum atomic E-state index is 14.1. The predicted molar refractivity (Wildman–Crippen MR) is 148 cm³/mol. The van der Waals surface area contributed by atoms with E-state index in [1.54, 1.807) is 37.3 Å². The molecule has 0 spiro atoms. The van der Waals surface area contributed by atoms with Gasteiger partial charge in [-0.1, -0.05) is 12.1 Å². The number of imide groups is 1. The highest BCUT2D eigenvalue weighted by molar-refractivity contribution is 6.21. The average molecular weight is 583 g/mol. The third kappa shape index (κ3) is 6.19. The van der Waals surface area contributed by atoms with Crippen LogP contribution in [0.5, 0.6) is 0 Å². The zero-order valence-electron chi connectivity index (χ0n) is 22.7. The lowest BCUT2D eigenvalue weighted by Crippen LogP contribution is -2.62. The molecule has 14 heteroatoms. The first-order valence-corrected chi connectivity index (χ1v) is 13.1. The molecule has 3 heterocycles. The van der Waals surface area contributed by atoms with Crippen LogP contribution in [0.15, 0.2) is 54.6 Å². The first-order chi connectivity index (χ1) is 20.1. The van der Waals surface area contributed by atoms with E-state index in [0.717, 1.165) is 4.68 Å². The molecule has 2 aliphatic rings. The van der Waals surface area contributed by atoms with E-state index in [2.05, 4.69) is 10.4 Å². The van der Waals surface area contributed by atoms with Crippen molar-refractivity contribution in [2.75, 3.05) is 45.9 Å². The van der Waals surface area contributed by atoms with E-state index >= 15 is 0 Å². The van der Waals surface area contributed by atoms with Gasteiger partial charge in [-0.2, -0.15) is 4.68 Å². The number of carbonyl (C=O) groups is 5. The normalized spacial score (nSPS) is 15.8. The topological polar surface area (TPSA) is 168 Å². The number of carboxylic acid groups (broad SMARTS) is 2. The van der Waals surface area contributed by atoms with E-state index in [-0.39, 0.29) is 25.0 Å². The number of aromatic nitrogens is 2. The Morgan fingerprint density at radius 3 is 2.17 bits per heavy atom. The Morgan fingerprint density at radius 1 is 1.02 bits per heavy atom. The van der Waals surface area contributed by atoms with Crippen molar-refractivity contribution in [3.63, 3.8) is 0 Å². The van der Waals surface area contributed by atoms with Crippen LogP contribution in [-0.4, -0.2) is 101 Å². The zero-order chi connectivity index (χ0) is 30.4. The first kappa shape index (κ1) is 30.0. The van der Waals surface area contributed by atoms with E-state index in [4.69, 9.17) is 14.9 Å². The molecule has 2 aromatic carbocycles. The Labute approximate surface area is 239 Å². The Bertz CT molecular complexity index is 1530. The maximum Gasteiger partial charge on any atom is 0.435 e. The number of ether oxygens (including phenoxy) is 1. The molecule has 2 aliphatic heterocycles. The highest BCUT2D eigenvalue weighted by Gasteiger charge is 2.41. The van der Waals surface area contributed by atoms with Crippen LogP contribution in [0, 0.1) is 5.82 Å². The van der Waals surface area contributed by atoms with Crippen LogP contribution in [0.4, 0.5) is 15.0 Å². The van der Waals surface area contributed by atoms with Crippen LogP contribution in [-0.2, 0) is 14.3 Å². The largest absolute Gasteiger partial charge is 0.478 e. The molecular weight excluding hydrogens is 553 g/mol. The Balaban J connectivity index is 0.000000446. The number of nitrogens with zero attached hydrogens (tertiary/aromatic N) is 4. The van der Waals surface area contributed by atoms with Gasteiger partial charge in [-0.3, -0.25) is 19.0 Å². The minimum atomic E-state index is -1.26. The number of quaternary nitrogens is 1. The molecule has 0 unspecified atom stereocenters. The molecule has 42 heavy (non-hydrogen) atoms. The van der Waals surface area contributed by atoms with E-state index in [0.29, 0.717) is 77.2 Å². The van der Waals surface area contributed by atoms with Crippen LogP contribution in [0.25, 0.3) is 10.9 Å². The number of fused-ring (bicyclic) bond motifs is 2. The van der Waals surface area contributed by atoms with Gasteiger partial charge in [0.15, 0.2) is 0 Å². The van der Waals surface area contributed by atoms with Crippen molar-refractivity contribution in [2.45, 2.75) is 6.92 Å². The van der Waals surface area contributed by atoms with Crippen molar-refractivity contribution in [1.29, 1.82) is 0 Å². The van der Waals surface area contributed by atoms with E-state index in [9.17, 15) is 28.4 Å². The third-order valence-corrected chi connectivity index (χ3v) is 6.95. The summed E-state index contributed by atoms with van der Waals surface area (Å²) in [4.78, 5) is 58.8. The predicted octanol–water partition coefficient (Wildman–Crippen LogP) is 2.10. The second kappa shape index (κ2) is 12.7. The summed E-state index contributed by atoms with van der Waals surface area (Å²) in [6, 6.07) is 11.0. The molecular formula is C28H29FN5O8+. The number of hydrogen-bond donors (Lipinski definition) is 3. The molecule has 1 fully saturated rings. The van der Waals surface area contributed by atoms with Crippen molar-refractivity contribution in [1.82, 2.24) is 24.5 Å². The van der Waals surface area contributed by atoms with Crippen LogP contribution < -0.4 is 9.80 Å². The van der Waals surface area contributed by atoms with E-state index in [1.165, 1.54) is 17.0 Å². The number of aliphatic carboxylic acids is 2. The zero-order valence-corrected chi connectivity index (χ0v) is 22.7. The second-order valence-electron chi connectivity index (χ2n) is 9.48. The molecule has 0 atom stereocenters. The monoisotopic (exact) mass is 582 g/mol. The Kier molecular flexibility index (Phi) is 9.08. The number of halogens is 1. The smallest absolute Gasteiger partial charge is 0.435 e. The van der Waals surface area contributed by atoms with Gasteiger partial charge in [-0.25, -0.2) is 18.8 Å².